The molecular weight excluding hydrogens is 745 g/mol. The Hall–Kier alpha value is -4.59. The second-order valence-electron chi connectivity index (χ2n) is 9.12. The zero-order valence-electron chi connectivity index (χ0n) is 26.4. The predicted molar refractivity (Wildman–Crippen MR) is 147 cm³/mol. The van der Waals surface area contributed by atoms with E-state index in [1.54, 1.807) is 30.9 Å². The van der Waals surface area contributed by atoms with E-state index in [1.807, 2.05) is 106 Å². The van der Waals surface area contributed by atoms with Gasteiger partial charge in [0.15, 0.2) is 0 Å². The van der Waals surface area contributed by atoms with Crippen molar-refractivity contribution in [2.75, 3.05) is 0 Å². The van der Waals surface area contributed by atoms with Crippen LogP contribution in [0, 0.1) is 31.8 Å². The third-order valence-corrected chi connectivity index (χ3v) is 5.58. The fraction of sp³-hybridized carbons (Fsp3) is 0.179. The summed E-state index contributed by atoms with van der Waals surface area (Å²) < 4.78 is 75.7. The van der Waals surface area contributed by atoms with Crippen molar-refractivity contribution in [3.8, 4) is 28.8 Å². The molecule has 6 heterocycles. The average Bonchev–Trinajstić information content (AvgIpc) is 3.84. The van der Waals surface area contributed by atoms with Crippen molar-refractivity contribution in [2.24, 2.45) is 14.1 Å². The van der Waals surface area contributed by atoms with Gasteiger partial charge in [0.05, 0.1) is 30.5 Å². The van der Waals surface area contributed by atoms with E-state index >= 15 is 0 Å². The Morgan fingerprint density at radius 2 is 0.900 bits per heavy atom. The minimum Gasteiger partial charge on any atom is -0.336 e. The summed E-state index contributed by atoms with van der Waals surface area (Å²) >= 11 is 0. The van der Waals surface area contributed by atoms with Crippen LogP contribution in [0.5, 0.6) is 0 Å². The van der Waals surface area contributed by atoms with Gasteiger partial charge in [-0.15, -0.1) is 20.5 Å². The van der Waals surface area contributed by atoms with Crippen LogP contribution in [0.1, 0.15) is 18.6 Å². The summed E-state index contributed by atoms with van der Waals surface area (Å²) in [4.78, 5) is 17.1. The van der Waals surface area contributed by atoms with E-state index in [4.69, 9.17) is 42.5 Å². The van der Waals surface area contributed by atoms with E-state index < -0.39 is 20.5 Å². The maximum Gasteiger partial charge on any atom is 2.00 e. The standard InChI is InChI=1S/2C13H13N5.C2H3N.2ClHO4.Fe/c2*1-17-9-7-15-13(17)10-18-8-5-12(16-18)11-4-2-3-6-14-11;1-2-3;2*2-1(3,4)5;/h2*2-9H,10H2,1H3;1H3;2*(H,2,3,4,5);/q;;;;;+2/p-2. The van der Waals surface area contributed by atoms with Crippen LogP contribution in [0.4, 0.5) is 0 Å². The van der Waals surface area contributed by atoms with E-state index in [9.17, 15) is 0 Å². The van der Waals surface area contributed by atoms with Gasteiger partial charge in [0.1, 0.15) is 23.0 Å². The molecule has 0 spiro atoms. The molecule has 6 rings (SSSR count). The molecule has 0 N–H and O–H groups in total. The summed E-state index contributed by atoms with van der Waals surface area (Å²) in [6.45, 7) is 2.76. The van der Waals surface area contributed by atoms with Crippen LogP contribution in [-0.4, -0.2) is 48.6 Å². The molecule has 0 radical (unpaired) electrons. The number of imidazole rings is 2. The Bertz CT molecular complexity index is 1700. The molecule has 0 aromatic carbocycles. The molecule has 0 atom stereocenters. The van der Waals surface area contributed by atoms with Crippen LogP contribution in [0.15, 0.2) is 98.1 Å². The molecule has 22 heteroatoms. The second-order valence-corrected chi connectivity index (χ2v) is 10.6. The summed E-state index contributed by atoms with van der Waals surface area (Å²) in [7, 11) is -5.93. The fourth-order valence-electron chi connectivity index (χ4n) is 3.59. The van der Waals surface area contributed by atoms with Crippen LogP contribution in [0.2, 0.25) is 0 Å². The summed E-state index contributed by atoms with van der Waals surface area (Å²) in [6.07, 6.45) is 14.9. The number of hydrogen-bond donors (Lipinski definition) is 0. The van der Waals surface area contributed by atoms with E-state index in [0.29, 0.717) is 13.1 Å². The molecule has 50 heavy (non-hydrogen) atoms. The van der Waals surface area contributed by atoms with E-state index in [1.165, 1.54) is 6.92 Å². The average molecular weight is 774 g/mol. The van der Waals surface area contributed by atoms with Crippen molar-refractivity contribution in [1.29, 1.82) is 5.26 Å². The molecular formula is C28H29Cl2FeN11O8. The largest absolute Gasteiger partial charge is 2.00 e. The fourth-order valence-corrected chi connectivity index (χ4v) is 3.59. The molecule has 0 saturated heterocycles. The van der Waals surface area contributed by atoms with Crippen molar-refractivity contribution >= 4 is 0 Å². The van der Waals surface area contributed by atoms with Gasteiger partial charge in [-0.1, -0.05) is 12.1 Å². The van der Waals surface area contributed by atoms with Crippen molar-refractivity contribution < 1.29 is 74.8 Å². The van der Waals surface area contributed by atoms with Gasteiger partial charge < -0.3 is 9.13 Å². The zero-order valence-corrected chi connectivity index (χ0v) is 29.1. The number of nitrogens with zero attached hydrogens (tertiary/aromatic N) is 11. The quantitative estimate of drug-likeness (QED) is 0.143. The van der Waals surface area contributed by atoms with Crippen molar-refractivity contribution in [3.05, 3.63) is 110 Å². The number of aromatic nitrogens is 10. The van der Waals surface area contributed by atoms with Crippen LogP contribution >= 0.6 is 0 Å². The van der Waals surface area contributed by atoms with Gasteiger partial charge >= 0.3 is 17.1 Å². The van der Waals surface area contributed by atoms with Gasteiger partial charge in [0, 0.05) is 70.6 Å². The Kier molecular flexibility index (Phi) is 18.7. The molecule has 6 aromatic rings. The maximum absolute atomic E-state index is 8.49. The SMILES string of the molecule is CC#N.Cn1ccnc1Cn1ccc(-c2ccccn2)n1.Cn1ccnc1Cn1ccc(-c2ccccn2)n1.[Fe+2].[O-][Cl+3]([O-])([O-])[O-].[O-][Cl+3]([O-])([O-])[O-]. The van der Waals surface area contributed by atoms with Crippen LogP contribution < -0.4 is 37.3 Å². The summed E-state index contributed by atoms with van der Waals surface area (Å²) in [5.74, 6) is 1.95. The first kappa shape index (κ1) is 43.4. The molecule has 6 aromatic heterocycles. The smallest absolute Gasteiger partial charge is 0.336 e. The van der Waals surface area contributed by atoms with Gasteiger partial charge in [0.25, 0.3) is 0 Å². The Balaban J connectivity index is 0.000000368. The summed E-state index contributed by atoms with van der Waals surface area (Å²) in [5, 5.41) is 16.3. The number of halogens is 2. The maximum atomic E-state index is 8.49. The van der Waals surface area contributed by atoms with Crippen LogP contribution in [0.3, 0.4) is 0 Å². The minimum atomic E-state index is -4.94. The van der Waals surface area contributed by atoms with E-state index in [0.717, 1.165) is 34.4 Å². The summed E-state index contributed by atoms with van der Waals surface area (Å²) in [5.41, 5.74) is 3.53. The molecule has 0 bridgehead atoms. The van der Waals surface area contributed by atoms with Crippen LogP contribution in [0.25, 0.3) is 22.8 Å². The topological polar surface area (TPSA) is 305 Å². The van der Waals surface area contributed by atoms with Crippen molar-refractivity contribution in [3.63, 3.8) is 0 Å². The number of nitriles is 1. The zero-order chi connectivity index (χ0) is 36.5. The van der Waals surface area contributed by atoms with Crippen molar-refractivity contribution in [1.82, 2.24) is 48.6 Å². The molecule has 0 aliphatic heterocycles. The first-order chi connectivity index (χ1) is 23.1. The minimum absolute atomic E-state index is 0. The molecule has 0 unspecified atom stereocenters. The normalized spacial score (nSPS) is 10.3. The molecule has 0 saturated carbocycles. The van der Waals surface area contributed by atoms with Gasteiger partial charge in [-0.2, -0.15) is 15.5 Å². The monoisotopic (exact) mass is 773 g/mol. The van der Waals surface area contributed by atoms with Gasteiger partial charge in [-0.25, -0.2) is 47.2 Å². The molecule has 19 nitrogen and oxygen atoms in total. The molecule has 266 valence electrons. The second kappa shape index (κ2) is 21.5. The molecule has 0 aliphatic rings. The van der Waals surface area contributed by atoms with Gasteiger partial charge in [0.2, 0.25) is 0 Å². The number of rotatable bonds is 6. The number of hydrogen-bond acceptors (Lipinski definition) is 15. The van der Waals surface area contributed by atoms with Crippen LogP contribution in [-0.2, 0) is 44.3 Å². The predicted octanol–water partition coefficient (Wildman–Crippen LogP) is -5.53. The Morgan fingerprint density at radius 3 is 1.16 bits per heavy atom. The first-order valence-electron chi connectivity index (χ1n) is 13.4. The first-order valence-corrected chi connectivity index (χ1v) is 15.9. The number of aryl methyl sites for hydroxylation is 2. The Labute approximate surface area is 300 Å². The number of pyridine rings is 2. The summed E-state index contributed by atoms with van der Waals surface area (Å²) in [6, 6.07) is 17.3. The van der Waals surface area contributed by atoms with E-state index in [2.05, 4.69) is 30.1 Å². The van der Waals surface area contributed by atoms with E-state index in [-0.39, 0.29) is 17.1 Å². The molecule has 0 amide bonds. The Morgan fingerprint density at radius 1 is 0.560 bits per heavy atom. The van der Waals surface area contributed by atoms with Gasteiger partial charge in [-0.05, 0) is 36.4 Å². The van der Waals surface area contributed by atoms with Crippen molar-refractivity contribution in [2.45, 2.75) is 20.0 Å². The van der Waals surface area contributed by atoms with Gasteiger partial charge in [-0.3, -0.25) is 19.3 Å². The third-order valence-electron chi connectivity index (χ3n) is 5.58. The molecule has 0 fully saturated rings. The molecule has 0 aliphatic carbocycles. The third kappa shape index (κ3) is 18.2.